The average molecular weight is 224 g/mol. The topological polar surface area (TPSA) is 34.1 Å². The number of aryl methyl sites for hydroxylation is 3. The third-order valence-electron chi connectivity index (χ3n) is 2.22. The number of hydrogen-bond donors (Lipinski definition) is 0. The molecule has 2 nitrogen and oxygen atoms in total. The van der Waals surface area contributed by atoms with Gasteiger partial charge in [0.1, 0.15) is 0 Å². The van der Waals surface area contributed by atoms with Crippen molar-refractivity contribution in [1.82, 2.24) is 0 Å². The molecule has 1 aromatic carbocycles. The van der Waals surface area contributed by atoms with Gasteiger partial charge in [0.15, 0.2) is 9.84 Å². The molecule has 0 unspecified atom stereocenters. The fourth-order valence-electron chi connectivity index (χ4n) is 1.65. The van der Waals surface area contributed by atoms with Crippen molar-refractivity contribution in [2.45, 2.75) is 20.8 Å². The quantitative estimate of drug-likeness (QED) is 0.774. The summed E-state index contributed by atoms with van der Waals surface area (Å²) in [4.78, 5) is 0. The minimum absolute atomic E-state index is 0.992. The van der Waals surface area contributed by atoms with Gasteiger partial charge < -0.3 is 0 Å². The van der Waals surface area contributed by atoms with Crippen LogP contribution >= 0.6 is 0 Å². The van der Waals surface area contributed by atoms with Crippen LogP contribution < -0.4 is 0 Å². The van der Waals surface area contributed by atoms with Crippen LogP contribution in [-0.4, -0.2) is 14.7 Å². The van der Waals surface area contributed by atoms with Crippen LogP contribution in [0.1, 0.15) is 22.3 Å². The Hall–Kier alpha value is -1.09. The second kappa shape index (κ2) is 4.19. The lowest BCUT2D eigenvalue weighted by atomic mass is 10.0. The average Bonchev–Trinajstić information content (AvgIpc) is 1.99. The molecule has 0 aliphatic rings. The molecule has 0 spiro atoms. The van der Waals surface area contributed by atoms with E-state index in [2.05, 4.69) is 12.1 Å². The normalized spacial score (nSPS) is 12.3. The zero-order valence-corrected chi connectivity index (χ0v) is 10.4. The summed E-state index contributed by atoms with van der Waals surface area (Å²) < 4.78 is 22.0. The van der Waals surface area contributed by atoms with Crippen molar-refractivity contribution in [2.75, 3.05) is 6.26 Å². The maximum Gasteiger partial charge on any atom is 0.168 e. The van der Waals surface area contributed by atoms with Crippen molar-refractivity contribution in [3.8, 4) is 0 Å². The lowest BCUT2D eigenvalue weighted by Crippen LogP contribution is -1.91. The van der Waals surface area contributed by atoms with E-state index in [1.165, 1.54) is 17.2 Å². The van der Waals surface area contributed by atoms with Gasteiger partial charge in [-0.05, 0) is 43.5 Å². The molecule has 0 N–H and O–H groups in total. The summed E-state index contributed by atoms with van der Waals surface area (Å²) in [5, 5.41) is 1.25. The van der Waals surface area contributed by atoms with Gasteiger partial charge >= 0.3 is 0 Å². The number of sulfone groups is 1. The van der Waals surface area contributed by atoms with E-state index in [0.29, 0.717) is 0 Å². The highest BCUT2D eigenvalue weighted by Gasteiger charge is 2.01. The van der Waals surface area contributed by atoms with Crippen LogP contribution in [0, 0.1) is 20.8 Å². The first kappa shape index (κ1) is 12.0. The van der Waals surface area contributed by atoms with Crippen LogP contribution in [0.15, 0.2) is 17.5 Å². The molecule has 0 fully saturated rings. The molecule has 0 heterocycles. The fraction of sp³-hybridized carbons (Fsp3) is 0.333. The van der Waals surface area contributed by atoms with Gasteiger partial charge in [-0.2, -0.15) is 0 Å². The van der Waals surface area contributed by atoms with Gasteiger partial charge in [-0.3, -0.25) is 0 Å². The molecule has 0 aliphatic heterocycles. The lowest BCUT2D eigenvalue weighted by molar-refractivity contribution is 0.610. The van der Waals surface area contributed by atoms with Crippen LogP contribution in [-0.2, 0) is 9.84 Å². The molecule has 0 aromatic heterocycles. The van der Waals surface area contributed by atoms with Gasteiger partial charge in [0, 0.05) is 11.7 Å². The zero-order valence-electron chi connectivity index (χ0n) is 9.53. The molecule has 82 valence electrons. The first-order valence-corrected chi connectivity index (χ1v) is 6.71. The van der Waals surface area contributed by atoms with E-state index in [9.17, 15) is 8.42 Å². The summed E-state index contributed by atoms with van der Waals surface area (Å²) in [5.74, 6) is 0. The molecule has 0 aliphatic carbocycles. The number of benzene rings is 1. The first-order chi connectivity index (χ1) is 6.79. The lowest BCUT2D eigenvalue weighted by Gasteiger charge is -2.06. The van der Waals surface area contributed by atoms with Gasteiger partial charge in [-0.1, -0.05) is 17.7 Å². The second-order valence-corrected chi connectivity index (χ2v) is 5.88. The molecule has 0 saturated carbocycles. The van der Waals surface area contributed by atoms with Crippen LogP contribution in [0.2, 0.25) is 0 Å². The molecule has 1 aromatic rings. The van der Waals surface area contributed by atoms with Gasteiger partial charge in [0.2, 0.25) is 0 Å². The van der Waals surface area contributed by atoms with Gasteiger partial charge in [-0.15, -0.1) is 0 Å². The second-order valence-electron chi connectivity index (χ2n) is 3.94. The molecule has 15 heavy (non-hydrogen) atoms. The van der Waals surface area contributed by atoms with Crippen molar-refractivity contribution in [3.05, 3.63) is 39.8 Å². The predicted octanol–water partition coefficient (Wildman–Crippen LogP) is 2.63. The first-order valence-electron chi connectivity index (χ1n) is 4.75. The van der Waals surface area contributed by atoms with Crippen molar-refractivity contribution in [3.63, 3.8) is 0 Å². The Balaban J connectivity index is 3.22. The van der Waals surface area contributed by atoms with Gasteiger partial charge in [-0.25, -0.2) is 8.42 Å². The number of hydrogen-bond acceptors (Lipinski definition) is 2. The Morgan fingerprint density at radius 3 is 1.93 bits per heavy atom. The largest absolute Gasteiger partial charge is 0.225 e. The Morgan fingerprint density at radius 1 is 1.07 bits per heavy atom. The smallest absolute Gasteiger partial charge is 0.168 e. The maximum absolute atomic E-state index is 11.0. The van der Waals surface area contributed by atoms with E-state index in [1.54, 1.807) is 6.08 Å². The molecule has 1 rings (SSSR count). The van der Waals surface area contributed by atoms with Crippen molar-refractivity contribution in [1.29, 1.82) is 0 Å². The third-order valence-corrected chi connectivity index (χ3v) is 2.85. The van der Waals surface area contributed by atoms with Crippen molar-refractivity contribution in [2.24, 2.45) is 0 Å². The summed E-state index contributed by atoms with van der Waals surface area (Å²) in [6.45, 7) is 6.01. The Morgan fingerprint density at radius 2 is 1.53 bits per heavy atom. The summed E-state index contributed by atoms with van der Waals surface area (Å²) in [6, 6.07) is 4.10. The third kappa shape index (κ3) is 3.51. The van der Waals surface area contributed by atoms with E-state index in [0.717, 1.165) is 16.7 Å². The Kier molecular flexibility index (Phi) is 3.35. The molecule has 0 radical (unpaired) electrons. The maximum atomic E-state index is 11.0. The molecular weight excluding hydrogens is 208 g/mol. The summed E-state index contributed by atoms with van der Waals surface area (Å²) in [6.07, 6.45) is 2.86. The van der Waals surface area contributed by atoms with E-state index >= 15 is 0 Å². The Bertz CT molecular complexity index is 473. The van der Waals surface area contributed by atoms with E-state index in [-0.39, 0.29) is 0 Å². The summed E-state index contributed by atoms with van der Waals surface area (Å²) in [5.41, 5.74) is 4.40. The van der Waals surface area contributed by atoms with Crippen LogP contribution in [0.4, 0.5) is 0 Å². The minimum atomic E-state index is -3.05. The highest BCUT2D eigenvalue weighted by molar-refractivity contribution is 7.93. The monoisotopic (exact) mass is 224 g/mol. The molecule has 0 saturated heterocycles. The minimum Gasteiger partial charge on any atom is -0.225 e. The molecular formula is C12H16O2S. The summed E-state index contributed by atoms with van der Waals surface area (Å²) in [7, 11) is -3.05. The zero-order chi connectivity index (χ0) is 11.6. The fourth-order valence-corrected chi connectivity index (χ4v) is 2.03. The highest BCUT2D eigenvalue weighted by atomic mass is 32.2. The standard InChI is InChI=1S/C12H16O2S/c1-9-7-10(2)12(11(3)8-9)5-6-15(4,13)14/h5-8H,1-4H3. The SMILES string of the molecule is Cc1cc(C)c(C=CS(C)(=O)=O)c(C)c1. The molecule has 3 heteroatoms. The number of rotatable bonds is 2. The van der Waals surface area contributed by atoms with Gasteiger partial charge in [0.25, 0.3) is 0 Å². The van der Waals surface area contributed by atoms with Crippen LogP contribution in [0.5, 0.6) is 0 Å². The van der Waals surface area contributed by atoms with Gasteiger partial charge in [0.05, 0.1) is 0 Å². The van der Waals surface area contributed by atoms with Crippen LogP contribution in [0.25, 0.3) is 6.08 Å². The molecule has 0 bridgehead atoms. The Labute approximate surface area is 91.6 Å². The van der Waals surface area contributed by atoms with E-state index in [4.69, 9.17) is 0 Å². The van der Waals surface area contributed by atoms with Crippen molar-refractivity contribution >= 4 is 15.9 Å². The van der Waals surface area contributed by atoms with Crippen LogP contribution in [0.3, 0.4) is 0 Å². The highest BCUT2D eigenvalue weighted by Crippen LogP contribution is 2.18. The predicted molar refractivity (Wildman–Crippen MR) is 64.5 cm³/mol. The molecule has 0 amide bonds. The van der Waals surface area contributed by atoms with E-state index < -0.39 is 9.84 Å². The van der Waals surface area contributed by atoms with E-state index in [1.807, 2.05) is 20.8 Å². The van der Waals surface area contributed by atoms with Crippen molar-refractivity contribution < 1.29 is 8.42 Å². The summed E-state index contributed by atoms with van der Waals surface area (Å²) >= 11 is 0. The molecule has 0 atom stereocenters.